The summed E-state index contributed by atoms with van der Waals surface area (Å²) in [5.41, 5.74) is 3.14. The third kappa shape index (κ3) is 21.6. The van der Waals surface area contributed by atoms with E-state index < -0.39 is 16.5 Å². The molecule has 0 aliphatic heterocycles. The molecule has 0 aliphatic rings. The van der Waals surface area contributed by atoms with Crippen LogP contribution in [0.2, 0.25) is 0 Å². The topological polar surface area (TPSA) is 66.5 Å². The highest BCUT2D eigenvalue weighted by molar-refractivity contribution is 7.90. The van der Waals surface area contributed by atoms with Crippen LogP contribution in [0.4, 0.5) is 8.78 Å². The molecule has 0 fully saturated rings. The molecule has 0 spiro atoms. The summed E-state index contributed by atoms with van der Waals surface area (Å²) in [5, 5.41) is 2.54. The summed E-state index contributed by atoms with van der Waals surface area (Å²) in [5.74, 6) is 0. The Hall–Kier alpha value is -3.00. The van der Waals surface area contributed by atoms with Crippen LogP contribution in [0.1, 0.15) is 52.5 Å². The molecule has 222 valence electrons. The first-order chi connectivity index (χ1) is 18.7. The molecule has 39 heavy (non-hydrogen) atoms. The Morgan fingerprint density at radius 1 is 1.05 bits per heavy atom. The van der Waals surface area contributed by atoms with E-state index in [9.17, 15) is 22.0 Å². The average Bonchev–Trinajstić information content (AvgIpc) is 2.96. The molecule has 1 N–H and O–H groups in total. The van der Waals surface area contributed by atoms with E-state index in [0.29, 0.717) is 31.6 Å². The third-order valence-electron chi connectivity index (χ3n) is 4.91. The predicted molar refractivity (Wildman–Crippen MR) is 164 cm³/mol. The maximum Gasteiger partial charge on any atom is 0.207 e. The number of hydrogen-bond donors (Lipinski definition) is 1. The molecular formula is C31H50F2N2O3S. The Morgan fingerprint density at radius 3 is 2.08 bits per heavy atom. The zero-order valence-electron chi connectivity index (χ0n) is 24.9. The number of carbonyl (C=O) groups is 1. The Bertz CT molecular complexity index is 983. The molecule has 0 saturated heterocycles. The number of likely N-dealkylation sites (N-methyl/N-ethyl adjacent to an activating group) is 1. The van der Waals surface area contributed by atoms with Crippen molar-refractivity contribution in [2.45, 2.75) is 58.8 Å². The van der Waals surface area contributed by atoms with Crippen LogP contribution in [-0.2, 0) is 14.6 Å². The van der Waals surface area contributed by atoms with Gasteiger partial charge < -0.3 is 10.2 Å². The Balaban J connectivity index is -0.000000515. The fourth-order valence-electron chi connectivity index (χ4n) is 2.95. The van der Waals surface area contributed by atoms with Crippen molar-refractivity contribution >= 4 is 16.2 Å². The van der Waals surface area contributed by atoms with Gasteiger partial charge in [-0.05, 0) is 61.4 Å². The number of allylic oxidation sites excluding steroid dienone is 2. The van der Waals surface area contributed by atoms with E-state index in [2.05, 4.69) is 18.8 Å². The number of unbranched alkanes of at least 4 members (excludes halogenated alkanes) is 2. The van der Waals surface area contributed by atoms with Crippen molar-refractivity contribution in [1.29, 1.82) is 0 Å². The number of sulfone groups is 1. The van der Waals surface area contributed by atoms with E-state index >= 15 is 0 Å². The molecule has 0 aromatic heterocycles. The van der Waals surface area contributed by atoms with E-state index in [0.717, 1.165) is 23.2 Å². The standard InChI is InChI=1S/C14H14O2S.C8H15FN2O.C6H12.C2H6.CH3F/c1-11-10-13(17(2,15)16)8-9-14(11)12-6-4-3-5-7-12;1-2-11(6-3-4-9)7-5-10-8-12;1-3-5-6-4-2;2*1-2/h3-10H,1-2H3;3,6,8H,2,4-5,7H2,1H3,(H,10,12);3H,1,4-6H2,2H3;1-2H3;1H3/b;6-3+;;;. The average molecular weight is 569 g/mol. The van der Waals surface area contributed by atoms with Crippen molar-refractivity contribution in [1.82, 2.24) is 10.2 Å². The number of alkyl halides is 2. The first-order valence-electron chi connectivity index (χ1n) is 13.2. The summed E-state index contributed by atoms with van der Waals surface area (Å²) in [7, 11) is -2.62. The van der Waals surface area contributed by atoms with Crippen LogP contribution in [0.25, 0.3) is 11.1 Å². The van der Waals surface area contributed by atoms with Gasteiger partial charge in [0.2, 0.25) is 6.41 Å². The highest BCUT2D eigenvalue weighted by Crippen LogP contribution is 2.25. The Morgan fingerprint density at radius 2 is 1.67 bits per heavy atom. The minimum atomic E-state index is -3.12. The number of nitrogens with zero attached hydrogens (tertiary/aromatic N) is 1. The van der Waals surface area contributed by atoms with Gasteiger partial charge in [0, 0.05) is 25.9 Å². The van der Waals surface area contributed by atoms with Gasteiger partial charge in [-0.25, -0.2) is 12.8 Å². The summed E-state index contributed by atoms with van der Waals surface area (Å²) in [6, 6.07) is 15.2. The fraction of sp³-hybridized carbons (Fsp3) is 0.452. The predicted octanol–water partition coefficient (Wildman–Crippen LogP) is 7.58. The molecule has 1 amide bonds. The quantitative estimate of drug-likeness (QED) is 0.163. The summed E-state index contributed by atoms with van der Waals surface area (Å²) in [6.07, 6.45) is 10.8. The van der Waals surface area contributed by atoms with Crippen molar-refractivity contribution in [3.05, 3.63) is 79.0 Å². The molecule has 5 nitrogen and oxygen atoms in total. The first kappa shape index (κ1) is 40.5. The lowest BCUT2D eigenvalue weighted by Gasteiger charge is -2.16. The van der Waals surface area contributed by atoms with E-state index in [1.54, 1.807) is 18.3 Å². The third-order valence-corrected chi connectivity index (χ3v) is 6.02. The lowest BCUT2D eigenvalue weighted by molar-refractivity contribution is -0.109. The highest BCUT2D eigenvalue weighted by Gasteiger charge is 2.09. The van der Waals surface area contributed by atoms with E-state index in [1.165, 1.54) is 31.6 Å². The number of benzene rings is 2. The van der Waals surface area contributed by atoms with Gasteiger partial charge >= 0.3 is 0 Å². The minimum Gasteiger partial charge on any atom is -0.376 e. The molecule has 2 aromatic rings. The second-order valence-electron chi connectivity index (χ2n) is 7.79. The van der Waals surface area contributed by atoms with Crippen molar-refractivity contribution in [2.75, 3.05) is 39.7 Å². The van der Waals surface area contributed by atoms with Gasteiger partial charge in [-0.1, -0.05) is 76.1 Å². The van der Waals surface area contributed by atoms with Crippen LogP contribution < -0.4 is 5.32 Å². The molecule has 2 rings (SSSR count). The number of hydrogen-bond acceptors (Lipinski definition) is 4. The number of aryl methyl sites for hydroxylation is 1. The molecule has 0 saturated carbocycles. The molecular weight excluding hydrogens is 518 g/mol. The second-order valence-corrected chi connectivity index (χ2v) is 9.80. The molecule has 0 atom stereocenters. The minimum absolute atomic E-state index is 0.370. The largest absolute Gasteiger partial charge is 0.376 e. The SMILES string of the molecule is C=CCCCC.CC.CCN(/C=C/CF)CCNC=O.CF.Cc1cc(S(C)(=O)=O)ccc1-c1ccccc1. The molecule has 0 heterocycles. The Kier molecular flexibility index (Phi) is 29.1. The zero-order chi connectivity index (χ0) is 30.5. The van der Waals surface area contributed by atoms with Crippen LogP contribution in [0.5, 0.6) is 0 Å². The van der Waals surface area contributed by atoms with Gasteiger partial charge in [0.05, 0.1) is 12.1 Å². The summed E-state index contributed by atoms with van der Waals surface area (Å²) >= 11 is 0. The maximum atomic E-state index is 11.7. The van der Waals surface area contributed by atoms with E-state index in [1.807, 2.05) is 75.1 Å². The zero-order valence-corrected chi connectivity index (χ0v) is 25.7. The molecule has 0 radical (unpaired) electrons. The van der Waals surface area contributed by atoms with Gasteiger partial charge in [-0.3, -0.25) is 9.18 Å². The van der Waals surface area contributed by atoms with Gasteiger partial charge in [-0.2, -0.15) is 0 Å². The first-order valence-corrected chi connectivity index (χ1v) is 15.1. The number of rotatable bonds is 12. The lowest BCUT2D eigenvalue weighted by atomic mass is 10.0. The highest BCUT2D eigenvalue weighted by atomic mass is 32.2. The van der Waals surface area contributed by atoms with Gasteiger partial charge in [0.1, 0.15) is 6.67 Å². The number of amides is 1. The molecule has 0 unspecified atom stereocenters. The van der Waals surface area contributed by atoms with Gasteiger partial charge in [-0.15, -0.1) is 6.58 Å². The molecule has 8 heteroatoms. The molecule has 2 aromatic carbocycles. The maximum absolute atomic E-state index is 11.7. The Labute approximate surface area is 236 Å². The second kappa shape index (κ2) is 28.0. The van der Waals surface area contributed by atoms with Crippen molar-refractivity contribution in [2.24, 2.45) is 0 Å². The van der Waals surface area contributed by atoms with Crippen LogP contribution in [0, 0.1) is 6.92 Å². The van der Waals surface area contributed by atoms with E-state index in [-0.39, 0.29) is 0 Å². The number of halogens is 2. The monoisotopic (exact) mass is 568 g/mol. The lowest BCUT2D eigenvalue weighted by Crippen LogP contribution is -2.27. The fourth-order valence-corrected chi connectivity index (χ4v) is 3.66. The van der Waals surface area contributed by atoms with E-state index in [4.69, 9.17) is 0 Å². The van der Waals surface area contributed by atoms with Crippen LogP contribution >= 0.6 is 0 Å². The number of carbonyl (C=O) groups excluding carboxylic acids is 1. The summed E-state index contributed by atoms with van der Waals surface area (Å²) < 4.78 is 44.1. The molecule has 0 aliphatic carbocycles. The van der Waals surface area contributed by atoms with Crippen LogP contribution in [-0.4, -0.2) is 59.5 Å². The van der Waals surface area contributed by atoms with Gasteiger partial charge in [0.25, 0.3) is 0 Å². The summed E-state index contributed by atoms with van der Waals surface area (Å²) in [6.45, 7) is 15.4. The molecule has 0 bridgehead atoms. The smallest absolute Gasteiger partial charge is 0.207 e. The normalized spacial score (nSPS) is 9.67. The van der Waals surface area contributed by atoms with Crippen LogP contribution in [0.3, 0.4) is 0 Å². The summed E-state index contributed by atoms with van der Waals surface area (Å²) in [4.78, 5) is 12.2. The van der Waals surface area contributed by atoms with Crippen molar-refractivity contribution < 1.29 is 22.0 Å². The van der Waals surface area contributed by atoms with Crippen molar-refractivity contribution in [3.63, 3.8) is 0 Å². The van der Waals surface area contributed by atoms with Crippen LogP contribution in [0.15, 0.2) is 78.4 Å². The number of nitrogens with one attached hydrogen (secondary N) is 1. The van der Waals surface area contributed by atoms with Crippen molar-refractivity contribution in [3.8, 4) is 11.1 Å². The van der Waals surface area contributed by atoms with Gasteiger partial charge in [0.15, 0.2) is 9.84 Å².